The van der Waals surface area contributed by atoms with Crippen LogP contribution in [0.25, 0.3) is 10.6 Å². The van der Waals surface area contributed by atoms with E-state index in [2.05, 4.69) is 17.4 Å². The molecule has 4 nitrogen and oxygen atoms in total. The van der Waals surface area contributed by atoms with E-state index in [1.165, 1.54) is 0 Å². The summed E-state index contributed by atoms with van der Waals surface area (Å²) in [6.45, 7) is 2.86. The van der Waals surface area contributed by atoms with E-state index in [0.29, 0.717) is 0 Å². The van der Waals surface area contributed by atoms with E-state index in [9.17, 15) is 4.79 Å². The smallest absolute Gasteiger partial charge is 0.232 e. The molecule has 20 heavy (non-hydrogen) atoms. The van der Waals surface area contributed by atoms with Crippen molar-refractivity contribution in [3.05, 3.63) is 29.3 Å². The molecule has 0 saturated heterocycles. The number of aromatic nitrogens is 1. The minimum atomic E-state index is -0.438. The highest BCUT2D eigenvalue weighted by Gasteiger charge is 2.53. The number of thiophene rings is 1. The van der Waals surface area contributed by atoms with Crippen molar-refractivity contribution in [1.82, 2.24) is 10.5 Å². The number of hydrogen-bond donors (Lipinski definition) is 1. The summed E-state index contributed by atoms with van der Waals surface area (Å²) < 4.78 is 5.39. The maximum atomic E-state index is 12.3. The van der Waals surface area contributed by atoms with E-state index in [0.717, 1.165) is 48.6 Å². The molecule has 2 aromatic rings. The van der Waals surface area contributed by atoms with Crippen LogP contribution in [0.3, 0.4) is 0 Å². The molecule has 1 fully saturated rings. The molecule has 2 heterocycles. The second-order valence-electron chi connectivity index (χ2n) is 5.25. The van der Waals surface area contributed by atoms with Gasteiger partial charge >= 0.3 is 0 Å². The molecule has 0 atom stereocenters. The number of rotatable bonds is 6. The molecule has 0 aromatic carbocycles. The number of hydrogen-bond acceptors (Lipinski definition) is 4. The number of nitrogens with zero attached hydrogens (tertiary/aromatic N) is 1. The van der Waals surface area contributed by atoms with Crippen LogP contribution in [0.15, 0.2) is 28.1 Å². The van der Waals surface area contributed by atoms with Crippen molar-refractivity contribution in [2.75, 3.05) is 6.54 Å². The first-order valence-corrected chi connectivity index (χ1v) is 7.93. The zero-order chi connectivity index (χ0) is 14.0. The molecular formula is C15H18N2O2S. The molecule has 1 saturated carbocycles. The standard InChI is InChI=1S/C15H18N2O2S/c1-2-3-8-16-14(18)15(6-7-15)13-10-11(19-17-13)12-5-4-9-20-12/h4-5,9-10H,2-3,6-8H2,1H3,(H,16,18). The molecule has 0 unspecified atom stereocenters. The topological polar surface area (TPSA) is 55.1 Å². The summed E-state index contributed by atoms with van der Waals surface area (Å²) in [6, 6.07) is 5.89. The molecule has 5 heteroatoms. The van der Waals surface area contributed by atoms with Gasteiger partial charge in [0, 0.05) is 12.6 Å². The fourth-order valence-electron chi connectivity index (χ4n) is 2.31. The van der Waals surface area contributed by atoms with Crippen LogP contribution < -0.4 is 5.32 Å². The molecule has 1 aliphatic rings. The molecule has 0 spiro atoms. The van der Waals surface area contributed by atoms with E-state index >= 15 is 0 Å². The van der Waals surface area contributed by atoms with Gasteiger partial charge in [-0.15, -0.1) is 11.3 Å². The number of carbonyl (C=O) groups excluding carboxylic acids is 1. The number of unbranched alkanes of at least 4 members (excludes halogenated alkanes) is 1. The van der Waals surface area contributed by atoms with E-state index in [1.54, 1.807) is 11.3 Å². The minimum absolute atomic E-state index is 0.0944. The summed E-state index contributed by atoms with van der Waals surface area (Å²) in [5.41, 5.74) is 0.335. The highest BCUT2D eigenvalue weighted by Crippen LogP contribution is 2.48. The Morgan fingerprint density at radius 1 is 1.55 bits per heavy atom. The SMILES string of the molecule is CCCCNC(=O)C1(c2cc(-c3cccs3)on2)CC1. The third-order valence-corrected chi connectivity index (χ3v) is 4.65. The summed E-state index contributed by atoms with van der Waals surface area (Å²) in [5.74, 6) is 0.847. The lowest BCUT2D eigenvalue weighted by Crippen LogP contribution is -2.35. The number of carbonyl (C=O) groups is 1. The van der Waals surface area contributed by atoms with Gasteiger partial charge in [-0.3, -0.25) is 4.79 Å². The van der Waals surface area contributed by atoms with Crippen LogP contribution in [0.4, 0.5) is 0 Å². The summed E-state index contributed by atoms with van der Waals surface area (Å²) in [5, 5.41) is 9.14. The van der Waals surface area contributed by atoms with Crippen LogP contribution in [0.1, 0.15) is 38.3 Å². The average molecular weight is 290 g/mol. The highest BCUT2D eigenvalue weighted by atomic mass is 32.1. The molecule has 1 amide bonds. The Morgan fingerprint density at radius 2 is 2.40 bits per heavy atom. The fourth-order valence-corrected chi connectivity index (χ4v) is 2.98. The van der Waals surface area contributed by atoms with Crippen LogP contribution in [0.5, 0.6) is 0 Å². The quantitative estimate of drug-likeness (QED) is 0.830. The van der Waals surface area contributed by atoms with Crippen LogP contribution >= 0.6 is 11.3 Å². The Balaban J connectivity index is 1.74. The van der Waals surface area contributed by atoms with Gasteiger partial charge in [-0.1, -0.05) is 24.6 Å². The molecule has 3 rings (SSSR count). The van der Waals surface area contributed by atoms with E-state index < -0.39 is 5.41 Å². The second-order valence-corrected chi connectivity index (χ2v) is 6.19. The van der Waals surface area contributed by atoms with Crippen molar-refractivity contribution < 1.29 is 9.32 Å². The third-order valence-electron chi connectivity index (χ3n) is 3.77. The molecular weight excluding hydrogens is 272 g/mol. The van der Waals surface area contributed by atoms with E-state index in [4.69, 9.17) is 4.52 Å². The molecule has 0 aliphatic heterocycles. The lowest BCUT2D eigenvalue weighted by Gasteiger charge is -2.11. The van der Waals surface area contributed by atoms with Gasteiger partial charge in [0.15, 0.2) is 5.76 Å². The molecule has 106 valence electrons. The molecule has 2 aromatic heterocycles. The van der Waals surface area contributed by atoms with Gasteiger partial charge in [0.2, 0.25) is 5.91 Å². The van der Waals surface area contributed by atoms with Gasteiger partial charge in [-0.05, 0) is 30.7 Å². The van der Waals surface area contributed by atoms with Gasteiger partial charge in [0.1, 0.15) is 0 Å². The monoisotopic (exact) mass is 290 g/mol. The Bertz CT molecular complexity index is 585. The zero-order valence-electron chi connectivity index (χ0n) is 11.5. The number of amides is 1. The second kappa shape index (κ2) is 5.40. The van der Waals surface area contributed by atoms with E-state index in [-0.39, 0.29) is 5.91 Å². The predicted octanol–water partition coefficient (Wildman–Crippen LogP) is 3.35. The highest BCUT2D eigenvalue weighted by molar-refractivity contribution is 7.13. The number of nitrogens with one attached hydrogen (secondary N) is 1. The molecule has 0 bridgehead atoms. The Hall–Kier alpha value is -1.62. The first-order chi connectivity index (χ1) is 9.76. The van der Waals surface area contributed by atoms with Gasteiger partial charge in [0.05, 0.1) is 16.0 Å². The minimum Gasteiger partial charge on any atom is -0.355 e. The van der Waals surface area contributed by atoms with Crippen molar-refractivity contribution >= 4 is 17.2 Å². The van der Waals surface area contributed by atoms with Crippen LogP contribution in [-0.2, 0) is 10.2 Å². The fraction of sp³-hybridized carbons (Fsp3) is 0.467. The zero-order valence-corrected chi connectivity index (χ0v) is 12.3. The maximum absolute atomic E-state index is 12.3. The normalized spacial score (nSPS) is 16.1. The first-order valence-electron chi connectivity index (χ1n) is 7.05. The van der Waals surface area contributed by atoms with Gasteiger partial charge in [-0.2, -0.15) is 0 Å². The van der Waals surface area contributed by atoms with Gasteiger partial charge in [-0.25, -0.2) is 0 Å². The van der Waals surface area contributed by atoms with Gasteiger partial charge in [0.25, 0.3) is 0 Å². The lowest BCUT2D eigenvalue weighted by atomic mass is 10.0. The Morgan fingerprint density at radius 3 is 3.05 bits per heavy atom. The summed E-state index contributed by atoms with van der Waals surface area (Å²) in [4.78, 5) is 13.4. The van der Waals surface area contributed by atoms with Crippen molar-refractivity contribution in [2.45, 2.75) is 38.0 Å². The molecule has 1 N–H and O–H groups in total. The van der Waals surface area contributed by atoms with Gasteiger partial charge < -0.3 is 9.84 Å². The largest absolute Gasteiger partial charge is 0.355 e. The molecule has 0 radical (unpaired) electrons. The predicted molar refractivity (Wildman–Crippen MR) is 78.6 cm³/mol. The molecule has 1 aliphatic carbocycles. The van der Waals surface area contributed by atoms with Crippen LogP contribution in [-0.4, -0.2) is 17.6 Å². The average Bonchev–Trinajstić information content (AvgIpc) is 2.91. The Labute approximate surface area is 122 Å². The summed E-state index contributed by atoms with van der Waals surface area (Å²) in [6.07, 6.45) is 3.82. The van der Waals surface area contributed by atoms with Crippen molar-refractivity contribution in [3.8, 4) is 10.6 Å². The first kappa shape index (κ1) is 13.4. The van der Waals surface area contributed by atoms with Crippen molar-refractivity contribution in [2.24, 2.45) is 0 Å². The van der Waals surface area contributed by atoms with Crippen LogP contribution in [0, 0.1) is 0 Å². The lowest BCUT2D eigenvalue weighted by molar-refractivity contribution is -0.123. The summed E-state index contributed by atoms with van der Waals surface area (Å²) >= 11 is 1.61. The van der Waals surface area contributed by atoms with Crippen LogP contribution in [0.2, 0.25) is 0 Å². The van der Waals surface area contributed by atoms with Crippen molar-refractivity contribution in [1.29, 1.82) is 0 Å². The third kappa shape index (κ3) is 2.38. The maximum Gasteiger partial charge on any atom is 0.232 e. The van der Waals surface area contributed by atoms with Crippen molar-refractivity contribution in [3.63, 3.8) is 0 Å². The Kier molecular flexibility index (Phi) is 3.61. The van der Waals surface area contributed by atoms with E-state index in [1.807, 2.05) is 23.6 Å². The summed E-state index contributed by atoms with van der Waals surface area (Å²) in [7, 11) is 0.